The van der Waals surface area contributed by atoms with E-state index in [9.17, 15) is 14.4 Å². The summed E-state index contributed by atoms with van der Waals surface area (Å²) < 4.78 is 1.92. The molecule has 4 aliphatic rings. The number of hydrogen-bond donors (Lipinski definition) is 3. The summed E-state index contributed by atoms with van der Waals surface area (Å²) >= 11 is 0. The number of nitrogens with zero attached hydrogens (tertiary/aromatic N) is 6. The Kier molecular flexibility index (Phi) is 7.88. The van der Waals surface area contributed by atoms with Gasteiger partial charge < -0.3 is 26.2 Å². The van der Waals surface area contributed by atoms with Gasteiger partial charge in [-0.05, 0) is 81.9 Å². The fourth-order valence-electron chi connectivity index (χ4n) is 6.70. The van der Waals surface area contributed by atoms with E-state index in [-0.39, 0.29) is 41.5 Å². The van der Waals surface area contributed by atoms with Crippen LogP contribution in [0.1, 0.15) is 96.7 Å². The van der Waals surface area contributed by atoms with Gasteiger partial charge in [0.05, 0.1) is 24.1 Å². The summed E-state index contributed by atoms with van der Waals surface area (Å²) in [4.78, 5) is 51.1. The lowest BCUT2D eigenvalue weighted by Gasteiger charge is -2.40. The van der Waals surface area contributed by atoms with Gasteiger partial charge in [0.1, 0.15) is 5.82 Å². The number of rotatable bonds is 9. The molecule has 0 unspecified atom stereocenters. The van der Waals surface area contributed by atoms with Gasteiger partial charge in [-0.2, -0.15) is 5.10 Å². The molecule has 4 fully saturated rings. The first-order valence-corrected chi connectivity index (χ1v) is 16.3. The number of likely N-dealkylation sites (tertiary alicyclic amines) is 1. The zero-order valence-electron chi connectivity index (χ0n) is 25.7. The number of anilines is 3. The van der Waals surface area contributed by atoms with Gasteiger partial charge in [-0.3, -0.25) is 19.1 Å². The normalized spacial score (nSPS) is 22.2. The van der Waals surface area contributed by atoms with Crippen LogP contribution >= 0.6 is 0 Å². The van der Waals surface area contributed by atoms with Crippen LogP contribution in [-0.2, 0) is 4.79 Å². The number of primary amides is 1. The van der Waals surface area contributed by atoms with E-state index >= 15 is 0 Å². The highest BCUT2D eigenvalue weighted by atomic mass is 16.2. The van der Waals surface area contributed by atoms with Gasteiger partial charge >= 0.3 is 0 Å². The topological polar surface area (TPSA) is 151 Å². The number of benzene rings is 1. The Morgan fingerprint density at radius 1 is 0.933 bits per heavy atom. The summed E-state index contributed by atoms with van der Waals surface area (Å²) in [6.45, 7) is 4.30. The monoisotopic (exact) mass is 611 g/mol. The van der Waals surface area contributed by atoms with E-state index in [1.807, 2.05) is 27.9 Å². The number of amides is 3. The van der Waals surface area contributed by atoms with Gasteiger partial charge in [-0.15, -0.1) is 0 Å². The van der Waals surface area contributed by atoms with Crippen LogP contribution in [0.5, 0.6) is 0 Å². The molecular formula is C33H41N9O3. The Hall–Kier alpha value is -4.48. The van der Waals surface area contributed by atoms with E-state index in [2.05, 4.69) is 44.7 Å². The summed E-state index contributed by atoms with van der Waals surface area (Å²) in [5, 5.41) is 11.0. The number of carbonyl (C=O) groups is 3. The SMILES string of the molecule is C[C@@H]1[C@H](NC(=O)c2ccc(C3CC3)cc2)CCCN1c1cnc(C(N)=O)c(Nc2cnn(C3CCN(C(=O)C4CC4)CC3)c2)n1. The lowest BCUT2D eigenvalue weighted by molar-refractivity contribution is -0.133. The number of nitrogens with one attached hydrogen (secondary N) is 2. The van der Waals surface area contributed by atoms with Crippen LogP contribution in [0.4, 0.5) is 17.3 Å². The molecular weight excluding hydrogens is 570 g/mol. The van der Waals surface area contributed by atoms with Crippen LogP contribution in [0.2, 0.25) is 0 Å². The second-order valence-electron chi connectivity index (χ2n) is 13.0. The fraction of sp³-hybridized carbons (Fsp3) is 0.515. The van der Waals surface area contributed by atoms with Crippen molar-refractivity contribution >= 4 is 35.0 Å². The molecule has 2 aliphatic heterocycles. The van der Waals surface area contributed by atoms with Gasteiger partial charge in [-0.25, -0.2) is 9.97 Å². The van der Waals surface area contributed by atoms with Crippen LogP contribution in [-0.4, -0.2) is 74.1 Å². The molecule has 0 radical (unpaired) electrons. The van der Waals surface area contributed by atoms with Gasteiger partial charge in [0.15, 0.2) is 11.5 Å². The molecule has 12 heteroatoms. The van der Waals surface area contributed by atoms with Crippen molar-refractivity contribution in [3.05, 3.63) is 59.7 Å². The van der Waals surface area contributed by atoms with Crippen LogP contribution in [0.25, 0.3) is 0 Å². The maximum atomic E-state index is 13.1. The first-order valence-electron chi connectivity index (χ1n) is 16.3. The summed E-state index contributed by atoms with van der Waals surface area (Å²) in [6, 6.07) is 8.04. The van der Waals surface area contributed by atoms with E-state index in [0.717, 1.165) is 58.2 Å². The molecule has 236 valence electrons. The Labute approximate surface area is 262 Å². The predicted molar refractivity (Wildman–Crippen MR) is 169 cm³/mol. The number of nitrogens with two attached hydrogens (primary N) is 1. The number of piperidine rings is 2. The van der Waals surface area contributed by atoms with E-state index in [0.29, 0.717) is 28.9 Å². The number of aromatic nitrogens is 4. The van der Waals surface area contributed by atoms with Gasteiger partial charge in [0.2, 0.25) is 5.91 Å². The minimum atomic E-state index is -0.679. The molecule has 2 saturated heterocycles. The zero-order valence-corrected chi connectivity index (χ0v) is 25.7. The van der Waals surface area contributed by atoms with Crippen molar-refractivity contribution in [2.45, 2.75) is 82.3 Å². The molecule has 1 aromatic carbocycles. The molecule has 2 aromatic heterocycles. The molecule has 12 nitrogen and oxygen atoms in total. The minimum absolute atomic E-state index is 0.0440. The maximum absolute atomic E-state index is 13.1. The quantitative estimate of drug-likeness (QED) is 0.331. The van der Waals surface area contributed by atoms with E-state index in [4.69, 9.17) is 10.7 Å². The van der Waals surface area contributed by atoms with Crippen LogP contribution in [0, 0.1) is 5.92 Å². The molecule has 45 heavy (non-hydrogen) atoms. The Morgan fingerprint density at radius 2 is 1.69 bits per heavy atom. The molecule has 3 aromatic rings. The lowest BCUT2D eigenvalue weighted by Crippen LogP contribution is -2.54. The highest BCUT2D eigenvalue weighted by Gasteiger charge is 2.35. The molecule has 2 saturated carbocycles. The van der Waals surface area contributed by atoms with E-state index < -0.39 is 5.91 Å². The molecule has 2 atom stereocenters. The first kappa shape index (κ1) is 29.2. The Morgan fingerprint density at radius 3 is 2.38 bits per heavy atom. The second kappa shape index (κ2) is 12.1. The highest BCUT2D eigenvalue weighted by Crippen LogP contribution is 2.40. The number of hydrogen-bond acceptors (Lipinski definition) is 8. The standard InChI is InChI=1S/C33H41N9O3/c1-20-27(38-32(44)23-8-6-22(7-9-23)21-4-5-21)3-2-14-41(20)28-18-35-29(30(34)43)31(39-28)37-25-17-36-42(19-25)26-12-15-40(16-13-26)33(45)24-10-11-24/h6-9,17-21,24,26-27H,2-5,10-16H2,1H3,(H2,34,43)(H,37,39)(H,38,44)/t20-,27-/m1/s1. The summed E-state index contributed by atoms with van der Waals surface area (Å²) in [6.07, 6.45) is 13.1. The summed E-state index contributed by atoms with van der Waals surface area (Å²) in [7, 11) is 0. The third-order valence-corrected chi connectivity index (χ3v) is 9.75. The van der Waals surface area contributed by atoms with Crippen LogP contribution in [0.15, 0.2) is 42.9 Å². The maximum Gasteiger partial charge on any atom is 0.271 e. The van der Waals surface area contributed by atoms with Crippen LogP contribution in [0.3, 0.4) is 0 Å². The highest BCUT2D eigenvalue weighted by molar-refractivity contribution is 5.96. The van der Waals surface area contributed by atoms with Crippen molar-refractivity contribution in [3.8, 4) is 0 Å². The third kappa shape index (κ3) is 6.36. The van der Waals surface area contributed by atoms with Crippen molar-refractivity contribution < 1.29 is 14.4 Å². The summed E-state index contributed by atoms with van der Waals surface area (Å²) in [5.41, 5.74) is 8.36. The first-order chi connectivity index (χ1) is 21.8. The van der Waals surface area contributed by atoms with Crippen molar-refractivity contribution in [2.75, 3.05) is 29.9 Å². The van der Waals surface area contributed by atoms with Gasteiger partial charge in [-0.1, -0.05) is 12.1 Å². The average molecular weight is 612 g/mol. The van der Waals surface area contributed by atoms with Crippen molar-refractivity contribution in [3.63, 3.8) is 0 Å². The fourth-order valence-corrected chi connectivity index (χ4v) is 6.70. The molecule has 2 aliphatic carbocycles. The van der Waals surface area contributed by atoms with E-state index in [1.165, 1.54) is 18.4 Å². The second-order valence-corrected chi connectivity index (χ2v) is 13.0. The molecule has 0 bridgehead atoms. The summed E-state index contributed by atoms with van der Waals surface area (Å²) in [5.74, 6) is 1.29. The number of carbonyl (C=O) groups excluding carboxylic acids is 3. The zero-order chi connectivity index (χ0) is 31.1. The predicted octanol–water partition coefficient (Wildman–Crippen LogP) is 3.75. The van der Waals surface area contributed by atoms with Gasteiger partial charge in [0, 0.05) is 49.4 Å². The molecule has 4 heterocycles. The third-order valence-electron chi connectivity index (χ3n) is 9.75. The van der Waals surface area contributed by atoms with Crippen molar-refractivity contribution in [2.24, 2.45) is 11.7 Å². The lowest BCUT2D eigenvalue weighted by atomic mass is 9.97. The van der Waals surface area contributed by atoms with Gasteiger partial charge in [0.25, 0.3) is 11.8 Å². The molecule has 3 amide bonds. The molecule has 7 rings (SSSR count). The largest absolute Gasteiger partial charge is 0.364 e. The van der Waals surface area contributed by atoms with Crippen molar-refractivity contribution in [1.29, 1.82) is 0 Å². The average Bonchev–Trinajstić information content (AvgIpc) is 4.00. The Balaban J connectivity index is 1.02. The molecule has 4 N–H and O–H groups in total. The smallest absolute Gasteiger partial charge is 0.271 e. The molecule has 0 spiro atoms. The Bertz CT molecular complexity index is 1570. The van der Waals surface area contributed by atoms with E-state index in [1.54, 1.807) is 12.4 Å². The van der Waals surface area contributed by atoms with Crippen LogP contribution < -0.4 is 21.3 Å². The van der Waals surface area contributed by atoms with Crippen molar-refractivity contribution in [1.82, 2.24) is 30.0 Å². The minimum Gasteiger partial charge on any atom is -0.364 e.